The number of nitrogens with zero attached hydrogens (tertiary/aromatic N) is 1. The molecule has 118 valence electrons. The van der Waals surface area contributed by atoms with Crippen LogP contribution in [0.1, 0.15) is 43.7 Å². The number of thiazole rings is 1. The first kappa shape index (κ1) is 15.2. The van der Waals surface area contributed by atoms with Crippen molar-refractivity contribution in [2.75, 3.05) is 0 Å². The third kappa shape index (κ3) is 2.83. The molecular weight excluding hydrogens is 314 g/mol. The molecule has 0 saturated heterocycles. The summed E-state index contributed by atoms with van der Waals surface area (Å²) in [4.78, 5) is 31.1. The van der Waals surface area contributed by atoms with Crippen LogP contribution in [-0.2, 0) is 0 Å². The van der Waals surface area contributed by atoms with Crippen molar-refractivity contribution in [1.29, 1.82) is 0 Å². The number of fused-ring (bicyclic) bond motifs is 1. The van der Waals surface area contributed by atoms with Crippen LogP contribution in [0, 0.1) is 6.92 Å². The van der Waals surface area contributed by atoms with Gasteiger partial charge in [0.1, 0.15) is 9.88 Å². The van der Waals surface area contributed by atoms with Gasteiger partial charge in [0.25, 0.3) is 5.91 Å². The molecule has 0 radical (unpaired) electrons. The Morgan fingerprint density at radius 1 is 1.35 bits per heavy atom. The zero-order chi connectivity index (χ0) is 16.6. The van der Waals surface area contributed by atoms with E-state index < -0.39 is 5.97 Å². The normalized spacial score (nSPS) is 12.3. The summed E-state index contributed by atoms with van der Waals surface area (Å²) >= 11 is 1.08. The molecule has 0 aliphatic rings. The zero-order valence-corrected chi connectivity index (χ0v) is 13.4. The number of aromatic amines is 1. The summed E-state index contributed by atoms with van der Waals surface area (Å²) in [7, 11) is 0. The van der Waals surface area contributed by atoms with Crippen LogP contribution in [0.5, 0.6) is 0 Å². The van der Waals surface area contributed by atoms with Crippen LogP contribution < -0.4 is 5.32 Å². The molecule has 23 heavy (non-hydrogen) atoms. The van der Waals surface area contributed by atoms with E-state index in [1.54, 1.807) is 26.1 Å². The van der Waals surface area contributed by atoms with Crippen molar-refractivity contribution < 1.29 is 14.7 Å². The number of aromatic nitrogens is 2. The van der Waals surface area contributed by atoms with Gasteiger partial charge in [-0.05, 0) is 26.0 Å². The van der Waals surface area contributed by atoms with Gasteiger partial charge in [-0.3, -0.25) is 4.79 Å². The number of para-hydroxylation sites is 1. The van der Waals surface area contributed by atoms with E-state index in [9.17, 15) is 9.59 Å². The Morgan fingerprint density at radius 3 is 2.83 bits per heavy atom. The molecule has 0 unspecified atom stereocenters. The van der Waals surface area contributed by atoms with Gasteiger partial charge in [-0.2, -0.15) is 0 Å². The maximum atomic E-state index is 12.5. The van der Waals surface area contributed by atoms with E-state index in [4.69, 9.17) is 5.11 Å². The molecule has 0 bridgehead atoms. The Balaban J connectivity index is 1.84. The number of carboxylic acid groups (broad SMARTS) is 1. The highest BCUT2D eigenvalue weighted by atomic mass is 32.1. The molecule has 3 N–H and O–H groups in total. The molecule has 1 atom stereocenters. The van der Waals surface area contributed by atoms with Crippen molar-refractivity contribution in [3.63, 3.8) is 0 Å². The number of carbonyl (C=O) groups excluding carboxylic acids is 1. The predicted octanol–water partition coefficient (Wildman–Crippen LogP) is 3.12. The summed E-state index contributed by atoms with van der Waals surface area (Å²) in [5.41, 5.74) is 1.79. The van der Waals surface area contributed by atoms with E-state index in [1.807, 2.05) is 18.2 Å². The Hall–Kier alpha value is -2.67. The third-order valence-corrected chi connectivity index (χ3v) is 4.89. The number of aromatic carboxylic acids is 1. The standard InChI is InChI=1S/C16H15N3O3S/c1-8-13(16(21)22)23-15(19-8)9(2)18-14(20)11-5-3-4-10-6-7-17-12(10)11/h3-7,9,17H,1-2H3,(H,18,20)(H,21,22)/t9-/m0/s1. The number of benzene rings is 1. The average Bonchev–Trinajstić information content (AvgIpc) is 3.12. The molecule has 0 aliphatic heterocycles. The minimum absolute atomic E-state index is 0.201. The Morgan fingerprint density at radius 2 is 2.13 bits per heavy atom. The molecule has 0 aliphatic carbocycles. The van der Waals surface area contributed by atoms with Gasteiger partial charge >= 0.3 is 5.97 Å². The molecule has 1 amide bonds. The lowest BCUT2D eigenvalue weighted by molar-refractivity contribution is 0.0701. The monoisotopic (exact) mass is 329 g/mol. The molecular formula is C16H15N3O3S. The van der Waals surface area contributed by atoms with E-state index in [2.05, 4.69) is 15.3 Å². The van der Waals surface area contributed by atoms with E-state index in [1.165, 1.54) is 0 Å². The highest BCUT2D eigenvalue weighted by molar-refractivity contribution is 7.13. The first-order valence-corrected chi connectivity index (χ1v) is 7.86. The fourth-order valence-electron chi connectivity index (χ4n) is 2.41. The van der Waals surface area contributed by atoms with Crippen molar-refractivity contribution in [3.05, 3.63) is 51.6 Å². The molecule has 7 heteroatoms. The first-order chi connectivity index (χ1) is 11.0. The number of carboxylic acids is 1. The van der Waals surface area contributed by atoms with Gasteiger partial charge in [0.2, 0.25) is 0 Å². The van der Waals surface area contributed by atoms with Crippen LogP contribution in [0.3, 0.4) is 0 Å². The number of carbonyl (C=O) groups is 2. The van der Waals surface area contributed by atoms with Gasteiger partial charge in [0.05, 0.1) is 22.8 Å². The second-order valence-electron chi connectivity index (χ2n) is 5.21. The third-order valence-electron chi connectivity index (χ3n) is 3.56. The second kappa shape index (κ2) is 5.85. The first-order valence-electron chi connectivity index (χ1n) is 7.05. The summed E-state index contributed by atoms with van der Waals surface area (Å²) in [6.45, 7) is 3.44. The fourth-order valence-corrected chi connectivity index (χ4v) is 3.32. The maximum Gasteiger partial charge on any atom is 0.347 e. The number of rotatable bonds is 4. The molecule has 0 fully saturated rings. The van der Waals surface area contributed by atoms with Crippen molar-refractivity contribution in [2.24, 2.45) is 0 Å². The van der Waals surface area contributed by atoms with Crippen molar-refractivity contribution in [2.45, 2.75) is 19.9 Å². The number of amides is 1. The van der Waals surface area contributed by atoms with Crippen LogP contribution in [0.15, 0.2) is 30.5 Å². The fraction of sp³-hybridized carbons (Fsp3) is 0.188. The lowest BCUT2D eigenvalue weighted by Crippen LogP contribution is -2.26. The molecule has 2 aromatic heterocycles. The summed E-state index contributed by atoms with van der Waals surface area (Å²) in [6.07, 6.45) is 1.79. The van der Waals surface area contributed by atoms with Gasteiger partial charge in [-0.1, -0.05) is 12.1 Å². The summed E-state index contributed by atoms with van der Waals surface area (Å²) < 4.78 is 0. The Kier molecular flexibility index (Phi) is 3.87. The van der Waals surface area contributed by atoms with Gasteiger partial charge in [-0.15, -0.1) is 11.3 Å². The highest BCUT2D eigenvalue weighted by Gasteiger charge is 2.20. The van der Waals surface area contributed by atoms with Gasteiger partial charge in [0.15, 0.2) is 0 Å². The summed E-state index contributed by atoms with van der Waals surface area (Å²) in [6, 6.07) is 7.03. The number of H-pyrrole nitrogens is 1. The molecule has 0 saturated carbocycles. The smallest absolute Gasteiger partial charge is 0.347 e. The topological polar surface area (TPSA) is 95.1 Å². The van der Waals surface area contributed by atoms with E-state index in [-0.39, 0.29) is 16.8 Å². The Bertz CT molecular complexity index is 897. The minimum Gasteiger partial charge on any atom is -0.477 e. The van der Waals surface area contributed by atoms with Gasteiger partial charge in [-0.25, -0.2) is 9.78 Å². The summed E-state index contributed by atoms with van der Waals surface area (Å²) in [5.74, 6) is -1.23. The zero-order valence-electron chi connectivity index (χ0n) is 12.6. The molecule has 3 aromatic rings. The number of hydrogen-bond donors (Lipinski definition) is 3. The van der Waals surface area contributed by atoms with Gasteiger partial charge < -0.3 is 15.4 Å². The number of nitrogens with one attached hydrogen (secondary N) is 2. The van der Waals surface area contributed by atoms with E-state index in [0.717, 1.165) is 22.2 Å². The summed E-state index contributed by atoms with van der Waals surface area (Å²) in [5, 5.41) is 13.5. The minimum atomic E-state index is -0.999. The predicted molar refractivity (Wildman–Crippen MR) is 88.0 cm³/mol. The van der Waals surface area contributed by atoms with E-state index in [0.29, 0.717) is 16.3 Å². The molecule has 6 nitrogen and oxygen atoms in total. The molecule has 2 heterocycles. The largest absolute Gasteiger partial charge is 0.477 e. The SMILES string of the molecule is Cc1nc([C@H](C)NC(=O)c2cccc3cc[nH]c23)sc1C(=O)O. The number of aryl methyl sites for hydroxylation is 1. The van der Waals surface area contributed by atoms with Gasteiger partial charge in [0, 0.05) is 11.6 Å². The van der Waals surface area contributed by atoms with Crippen LogP contribution in [0.2, 0.25) is 0 Å². The van der Waals surface area contributed by atoms with Crippen LogP contribution in [-0.4, -0.2) is 27.0 Å². The van der Waals surface area contributed by atoms with E-state index >= 15 is 0 Å². The lowest BCUT2D eigenvalue weighted by atomic mass is 10.1. The van der Waals surface area contributed by atoms with Crippen LogP contribution in [0.4, 0.5) is 0 Å². The van der Waals surface area contributed by atoms with Crippen LogP contribution in [0.25, 0.3) is 10.9 Å². The average molecular weight is 329 g/mol. The second-order valence-corrected chi connectivity index (χ2v) is 6.25. The molecule has 3 rings (SSSR count). The van der Waals surface area contributed by atoms with Crippen LogP contribution >= 0.6 is 11.3 Å². The van der Waals surface area contributed by atoms with Crippen molar-refractivity contribution in [1.82, 2.24) is 15.3 Å². The highest BCUT2D eigenvalue weighted by Crippen LogP contribution is 2.24. The lowest BCUT2D eigenvalue weighted by Gasteiger charge is -2.11. The number of hydrogen-bond acceptors (Lipinski definition) is 4. The quantitative estimate of drug-likeness (QED) is 0.685. The maximum absolute atomic E-state index is 12.5. The Labute approximate surface area is 136 Å². The van der Waals surface area contributed by atoms with Crippen molar-refractivity contribution >= 4 is 34.1 Å². The molecule has 1 aromatic carbocycles. The van der Waals surface area contributed by atoms with Crippen molar-refractivity contribution in [3.8, 4) is 0 Å². The molecule has 0 spiro atoms.